The number of nitrogens with zero attached hydrogens (tertiary/aromatic N) is 3. The Bertz CT molecular complexity index is 608. The van der Waals surface area contributed by atoms with Crippen LogP contribution in [-0.4, -0.2) is 33.5 Å². The number of imidazole rings is 1. The summed E-state index contributed by atoms with van der Waals surface area (Å²) in [6, 6.07) is 3.65. The van der Waals surface area contributed by atoms with Crippen LogP contribution in [0.4, 0.5) is 5.69 Å². The van der Waals surface area contributed by atoms with Gasteiger partial charge in [0.1, 0.15) is 5.82 Å². The Morgan fingerprint density at radius 1 is 1.38 bits per heavy atom. The lowest BCUT2D eigenvalue weighted by atomic mass is 10.1. The maximum atomic E-state index is 12.2. The molecule has 0 aliphatic heterocycles. The first-order valence-corrected chi connectivity index (χ1v) is 7.10. The van der Waals surface area contributed by atoms with Gasteiger partial charge in [0, 0.05) is 31.1 Å². The van der Waals surface area contributed by atoms with Gasteiger partial charge in [-0.25, -0.2) is 9.97 Å². The molecule has 1 unspecified atom stereocenters. The topological polar surface area (TPSA) is 71.8 Å². The Morgan fingerprint density at radius 3 is 2.86 bits per heavy atom. The molecule has 2 aromatic rings. The van der Waals surface area contributed by atoms with E-state index in [9.17, 15) is 4.79 Å². The van der Waals surface area contributed by atoms with Crippen LogP contribution in [0.1, 0.15) is 19.7 Å². The zero-order valence-electron chi connectivity index (χ0n) is 12.6. The molecule has 112 valence electrons. The summed E-state index contributed by atoms with van der Waals surface area (Å²) in [7, 11) is 0. The fraction of sp³-hybridized carbons (Fsp3) is 0.400. The summed E-state index contributed by atoms with van der Waals surface area (Å²) < 4.78 is 1.85. The highest BCUT2D eigenvalue weighted by molar-refractivity contribution is 5.94. The van der Waals surface area contributed by atoms with E-state index in [1.807, 2.05) is 37.6 Å². The van der Waals surface area contributed by atoms with Crippen molar-refractivity contribution in [3.63, 3.8) is 0 Å². The minimum atomic E-state index is -0.109. The number of rotatable bonds is 6. The van der Waals surface area contributed by atoms with Gasteiger partial charge in [-0.05, 0) is 25.6 Å². The highest BCUT2D eigenvalue weighted by atomic mass is 16.1. The lowest BCUT2D eigenvalue weighted by Gasteiger charge is -2.15. The van der Waals surface area contributed by atoms with Crippen LogP contribution in [0.3, 0.4) is 0 Å². The van der Waals surface area contributed by atoms with Crippen LogP contribution in [0, 0.1) is 12.8 Å². The molecule has 0 fully saturated rings. The first-order chi connectivity index (χ1) is 10.1. The monoisotopic (exact) mass is 287 g/mol. The average Bonchev–Trinajstić information content (AvgIpc) is 2.91. The van der Waals surface area contributed by atoms with Gasteiger partial charge in [0.25, 0.3) is 0 Å². The molecule has 0 aromatic carbocycles. The van der Waals surface area contributed by atoms with Crippen molar-refractivity contribution in [3.8, 4) is 5.82 Å². The molecule has 21 heavy (non-hydrogen) atoms. The Morgan fingerprint density at radius 2 is 2.19 bits per heavy atom. The number of nitrogens with one attached hydrogen (secondary N) is 2. The highest BCUT2D eigenvalue weighted by Crippen LogP contribution is 2.19. The van der Waals surface area contributed by atoms with Crippen molar-refractivity contribution in [1.82, 2.24) is 19.9 Å². The highest BCUT2D eigenvalue weighted by Gasteiger charge is 2.15. The third kappa shape index (κ3) is 3.66. The van der Waals surface area contributed by atoms with Crippen molar-refractivity contribution in [2.45, 2.75) is 20.8 Å². The number of pyridine rings is 1. The largest absolute Gasteiger partial charge is 0.323 e. The number of amides is 1. The van der Waals surface area contributed by atoms with E-state index in [4.69, 9.17) is 0 Å². The van der Waals surface area contributed by atoms with Crippen molar-refractivity contribution >= 4 is 11.6 Å². The predicted octanol–water partition coefficient (Wildman–Crippen LogP) is 1.76. The van der Waals surface area contributed by atoms with Crippen LogP contribution in [0.25, 0.3) is 5.82 Å². The van der Waals surface area contributed by atoms with E-state index >= 15 is 0 Å². The molecule has 6 nitrogen and oxygen atoms in total. The van der Waals surface area contributed by atoms with Gasteiger partial charge in [-0.15, -0.1) is 0 Å². The van der Waals surface area contributed by atoms with E-state index in [1.54, 1.807) is 18.5 Å². The second-order valence-electron chi connectivity index (χ2n) is 4.92. The van der Waals surface area contributed by atoms with Crippen molar-refractivity contribution in [1.29, 1.82) is 0 Å². The van der Waals surface area contributed by atoms with Gasteiger partial charge in [0.05, 0.1) is 5.69 Å². The normalized spacial score (nSPS) is 12.1. The third-order valence-electron chi connectivity index (χ3n) is 3.25. The number of hydrogen-bond acceptors (Lipinski definition) is 4. The molecule has 0 aliphatic rings. The summed E-state index contributed by atoms with van der Waals surface area (Å²) in [5.74, 6) is 1.37. The molecular weight excluding hydrogens is 266 g/mol. The van der Waals surface area contributed by atoms with Gasteiger partial charge in [-0.2, -0.15) is 0 Å². The molecular formula is C15H21N5O. The Kier molecular flexibility index (Phi) is 5.05. The van der Waals surface area contributed by atoms with Crippen LogP contribution < -0.4 is 10.6 Å². The smallest absolute Gasteiger partial charge is 0.228 e. The first kappa shape index (κ1) is 15.2. The fourth-order valence-corrected chi connectivity index (χ4v) is 2.00. The zero-order chi connectivity index (χ0) is 15.2. The van der Waals surface area contributed by atoms with Crippen LogP contribution >= 0.6 is 0 Å². The number of aromatic nitrogens is 3. The van der Waals surface area contributed by atoms with E-state index in [-0.39, 0.29) is 11.8 Å². The van der Waals surface area contributed by atoms with Gasteiger partial charge in [0.15, 0.2) is 5.82 Å². The van der Waals surface area contributed by atoms with Crippen LogP contribution in [-0.2, 0) is 4.79 Å². The summed E-state index contributed by atoms with van der Waals surface area (Å²) in [5, 5.41) is 6.12. The summed E-state index contributed by atoms with van der Waals surface area (Å²) in [4.78, 5) is 20.8. The SMILES string of the molecule is CCNCC(C)C(=O)Nc1cccnc1-n1ccnc1C. The van der Waals surface area contributed by atoms with Gasteiger partial charge < -0.3 is 10.6 Å². The summed E-state index contributed by atoms with van der Waals surface area (Å²) in [6.45, 7) is 7.32. The maximum Gasteiger partial charge on any atom is 0.228 e. The molecule has 2 rings (SSSR count). The minimum absolute atomic E-state index is 0.0250. The van der Waals surface area contributed by atoms with E-state index in [2.05, 4.69) is 20.6 Å². The van der Waals surface area contributed by atoms with E-state index in [0.717, 1.165) is 12.4 Å². The second-order valence-corrected chi connectivity index (χ2v) is 4.92. The van der Waals surface area contributed by atoms with Crippen molar-refractivity contribution in [3.05, 3.63) is 36.5 Å². The van der Waals surface area contributed by atoms with Gasteiger partial charge in [-0.1, -0.05) is 13.8 Å². The molecule has 0 saturated heterocycles. The molecule has 1 amide bonds. The summed E-state index contributed by atoms with van der Waals surface area (Å²) in [5.41, 5.74) is 0.687. The van der Waals surface area contributed by atoms with Crippen LogP contribution in [0.2, 0.25) is 0 Å². The van der Waals surface area contributed by atoms with Gasteiger partial charge in [0.2, 0.25) is 5.91 Å². The van der Waals surface area contributed by atoms with Crippen LogP contribution in [0.15, 0.2) is 30.7 Å². The number of carbonyl (C=O) groups excluding carboxylic acids is 1. The molecule has 0 bridgehead atoms. The quantitative estimate of drug-likeness (QED) is 0.849. The summed E-state index contributed by atoms with van der Waals surface area (Å²) in [6.07, 6.45) is 5.24. The van der Waals surface area contributed by atoms with E-state index in [1.165, 1.54) is 0 Å². The fourth-order valence-electron chi connectivity index (χ4n) is 2.00. The number of anilines is 1. The Balaban J connectivity index is 2.18. The van der Waals surface area contributed by atoms with Crippen LogP contribution in [0.5, 0.6) is 0 Å². The molecule has 2 heterocycles. The molecule has 2 aromatic heterocycles. The molecule has 0 aliphatic carbocycles. The van der Waals surface area contributed by atoms with E-state index in [0.29, 0.717) is 18.1 Å². The van der Waals surface area contributed by atoms with Crippen molar-refractivity contribution in [2.24, 2.45) is 5.92 Å². The maximum absolute atomic E-state index is 12.2. The first-order valence-electron chi connectivity index (χ1n) is 7.10. The molecule has 0 saturated carbocycles. The Hall–Kier alpha value is -2.21. The number of carbonyl (C=O) groups is 1. The molecule has 2 N–H and O–H groups in total. The average molecular weight is 287 g/mol. The number of aryl methyl sites for hydroxylation is 1. The number of hydrogen-bond donors (Lipinski definition) is 2. The molecule has 1 atom stereocenters. The molecule has 6 heteroatoms. The predicted molar refractivity (Wildman–Crippen MR) is 82.4 cm³/mol. The molecule has 0 radical (unpaired) electrons. The van der Waals surface area contributed by atoms with Crippen molar-refractivity contribution in [2.75, 3.05) is 18.4 Å². The zero-order valence-corrected chi connectivity index (χ0v) is 12.6. The Labute approximate surface area is 124 Å². The third-order valence-corrected chi connectivity index (χ3v) is 3.25. The molecule has 0 spiro atoms. The minimum Gasteiger partial charge on any atom is -0.323 e. The van der Waals surface area contributed by atoms with Gasteiger partial charge >= 0.3 is 0 Å². The lowest BCUT2D eigenvalue weighted by Crippen LogP contribution is -2.30. The lowest BCUT2D eigenvalue weighted by molar-refractivity contribution is -0.119. The second kappa shape index (κ2) is 6.99. The summed E-state index contributed by atoms with van der Waals surface area (Å²) >= 11 is 0. The van der Waals surface area contributed by atoms with Crippen molar-refractivity contribution < 1.29 is 4.79 Å². The standard InChI is InChI=1S/C15H21N5O/c1-4-16-10-11(2)15(21)19-13-6-5-7-18-14(13)20-9-8-17-12(20)3/h5-9,11,16H,4,10H2,1-3H3,(H,19,21). The van der Waals surface area contributed by atoms with Gasteiger partial charge in [-0.3, -0.25) is 9.36 Å². The van der Waals surface area contributed by atoms with E-state index < -0.39 is 0 Å².